The first-order valence-electron chi connectivity index (χ1n) is 42.5. The number of phosphoric ester groups is 2. The van der Waals surface area contributed by atoms with E-state index in [9.17, 15) is 43.2 Å². The molecule has 19 heteroatoms. The molecule has 2 unspecified atom stereocenters. The quantitative estimate of drug-likeness (QED) is 0.0222. The van der Waals surface area contributed by atoms with Crippen molar-refractivity contribution in [2.45, 2.75) is 452 Å². The second-order valence-corrected chi connectivity index (χ2v) is 33.4. The second kappa shape index (κ2) is 73.6. The average molecular weight is 1480 g/mol. The minimum atomic E-state index is -4.96. The number of esters is 4. The molecular weight excluding hydrogens is 1320 g/mol. The van der Waals surface area contributed by atoms with Gasteiger partial charge < -0.3 is 33.8 Å². The van der Waals surface area contributed by atoms with Crippen molar-refractivity contribution in [2.75, 3.05) is 39.6 Å². The molecule has 600 valence electrons. The molecular formula is C82H160O17P2. The van der Waals surface area contributed by atoms with Gasteiger partial charge in [0.05, 0.1) is 26.4 Å². The molecule has 3 N–H and O–H groups in total. The normalized spacial score (nSPS) is 13.9. The third-order valence-electron chi connectivity index (χ3n) is 19.2. The highest BCUT2D eigenvalue weighted by Gasteiger charge is 2.30. The monoisotopic (exact) mass is 1480 g/mol. The van der Waals surface area contributed by atoms with E-state index < -0.39 is 97.5 Å². The Bertz CT molecular complexity index is 1940. The summed E-state index contributed by atoms with van der Waals surface area (Å²) in [6, 6.07) is 0. The van der Waals surface area contributed by atoms with Crippen molar-refractivity contribution in [3.05, 3.63) is 0 Å². The number of rotatable bonds is 81. The van der Waals surface area contributed by atoms with Crippen LogP contribution in [-0.2, 0) is 65.4 Å². The van der Waals surface area contributed by atoms with Gasteiger partial charge in [0.1, 0.15) is 19.3 Å². The summed E-state index contributed by atoms with van der Waals surface area (Å²) >= 11 is 0. The lowest BCUT2D eigenvalue weighted by atomic mass is 10.0. The Morgan fingerprint density at radius 1 is 0.267 bits per heavy atom. The average Bonchev–Trinajstić information content (AvgIpc) is 0.951. The van der Waals surface area contributed by atoms with Crippen LogP contribution in [0.2, 0.25) is 0 Å². The molecule has 0 rings (SSSR count). The maximum Gasteiger partial charge on any atom is 0.472 e. The third kappa shape index (κ3) is 76.1. The standard InChI is InChI=1S/C82H160O17P2/c1-7-9-11-13-15-17-18-19-20-21-25-32-37-42-48-54-60-66-81(86)98-77(70-92-79(84)64-58-52-46-16-14-12-10-8-2)72-96-100(88,89)94-68-76(83)69-95-101(90,91)97-73-78(71-93-80(85)65-59-53-47-41-36-31-28-27-30-35-40-45-51-57-63-75(5)6)99-82(87)67-61-55-49-43-38-33-26-23-22-24-29-34-39-44-50-56-62-74(3)4/h74-78,83H,7-73H2,1-6H3,(H,88,89)(H,90,91)/t76-,77+,78+/m0/s1. The molecule has 0 radical (unpaired) electrons. The molecule has 0 amide bonds. The van der Waals surface area contributed by atoms with Gasteiger partial charge in [-0.15, -0.1) is 0 Å². The lowest BCUT2D eigenvalue weighted by Crippen LogP contribution is -2.30. The Hall–Kier alpha value is -1.94. The van der Waals surface area contributed by atoms with Gasteiger partial charge in [0.25, 0.3) is 0 Å². The molecule has 0 aromatic heterocycles. The van der Waals surface area contributed by atoms with Crippen molar-refractivity contribution < 1.29 is 80.2 Å². The van der Waals surface area contributed by atoms with Crippen LogP contribution in [0.25, 0.3) is 0 Å². The van der Waals surface area contributed by atoms with Crippen molar-refractivity contribution in [3.8, 4) is 0 Å². The van der Waals surface area contributed by atoms with Crippen molar-refractivity contribution in [1.82, 2.24) is 0 Å². The smallest absolute Gasteiger partial charge is 0.462 e. The van der Waals surface area contributed by atoms with Gasteiger partial charge in [0, 0.05) is 25.7 Å². The highest BCUT2D eigenvalue weighted by atomic mass is 31.2. The highest BCUT2D eigenvalue weighted by Crippen LogP contribution is 2.45. The summed E-state index contributed by atoms with van der Waals surface area (Å²) in [6.45, 7) is 9.68. The number of carbonyl (C=O) groups excluding carboxylic acids is 4. The summed E-state index contributed by atoms with van der Waals surface area (Å²) in [5.74, 6) is -0.500. The lowest BCUT2D eigenvalue weighted by molar-refractivity contribution is -0.161. The predicted octanol–water partition coefficient (Wildman–Crippen LogP) is 24.7. The van der Waals surface area contributed by atoms with Crippen molar-refractivity contribution in [2.24, 2.45) is 11.8 Å². The van der Waals surface area contributed by atoms with E-state index in [0.29, 0.717) is 25.7 Å². The molecule has 0 bridgehead atoms. The van der Waals surface area contributed by atoms with Gasteiger partial charge in [-0.05, 0) is 37.5 Å². The van der Waals surface area contributed by atoms with Gasteiger partial charge in [-0.2, -0.15) is 0 Å². The predicted molar refractivity (Wildman–Crippen MR) is 414 cm³/mol. The number of phosphoric acid groups is 2. The number of aliphatic hydroxyl groups is 1. The second-order valence-electron chi connectivity index (χ2n) is 30.5. The van der Waals surface area contributed by atoms with Gasteiger partial charge in [-0.1, -0.05) is 382 Å². The molecule has 101 heavy (non-hydrogen) atoms. The number of hydrogen-bond acceptors (Lipinski definition) is 15. The van der Waals surface area contributed by atoms with Gasteiger partial charge in [-0.25, -0.2) is 9.13 Å². The van der Waals surface area contributed by atoms with Crippen LogP contribution in [0.15, 0.2) is 0 Å². The van der Waals surface area contributed by atoms with Gasteiger partial charge in [-0.3, -0.25) is 37.3 Å². The highest BCUT2D eigenvalue weighted by molar-refractivity contribution is 7.47. The maximum atomic E-state index is 13.1. The largest absolute Gasteiger partial charge is 0.472 e. The third-order valence-corrected chi connectivity index (χ3v) is 21.1. The Kier molecular flexibility index (Phi) is 72.2. The number of aliphatic hydroxyl groups excluding tert-OH is 1. The first kappa shape index (κ1) is 99.1. The molecule has 0 aliphatic rings. The Labute approximate surface area is 619 Å². The van der Waals surface area contributed by atoms with Crippen molar-refractivity contribution >= 4 is 39.5 Å². The summed E-state index contributed by atoms with van der Waals surface area (Å²) in [4.78, 5) is 73.0. The van der Waals surface area contributed by atoms with E-state index in [1.807, 2.05) is 0 Å². The zero-order valence-corrected chi connectivity index (χ0v) is 68.0. The Balaban J connectivity index is 5.20. The number of carbonyl (C=O) groups is 4. The summed E-state index contributed by atoms with van der Waals surface area (Å²) in [5.41, 5.74) is 0. The Morgan fingerprint density at radius 2 is 0.455 bits per heavy atom. The van der Waals surface area contributed by atoms with Crippen LogP contribution < -0.4 is 0 Å². The molecule has 0 aliphatic carbocycles. The summed E-state index contributed by atoms with van der Waals surface area (Å²) in [6.07, 6.45) is 63.9. The first-order valence-corrected chi connectivity index (χ1v) is 45.5. The zero-order chi connectivity index (χ0) is 74.2. The van der Waals surface area contributed by atoms with Crippen molar-refractivity contribution in [1.29, 1.82) is 0 Å². The fraction of sp³-hybridized carbons (Fsp3) is 0.951. The van der Waals surface area contributed by atoms with Gasteiger partial charge >= 0.3 is 39.5 Å². The van der Waals surface area contributed by atoms with Crippen LogP contribution in [0.4, 0.5) is 0 Å². The minimum Gasteiger partial charge on any atom is -0.462 e. The van der Waals surface area contributed by atoms with E-state index in [0.717, 1.165) is 108 Å². The van der Waals surface area contributed by atoms with E-state index in [1.165, 1.54) is 244 Å². The van der Waals surface area contributed by atoms with Gasteiger partial charge in [0.2, 0.25) is 0 Å². The fourth-order valence-corrected chi connectivity index (χ4v) is 14.3. The van der Waals surface area contributed by atoms with Crippen LogP contribution >= 0.6 is 15.6 Å². The first-order chi connectivity index (χ1) is 48.9. The number of ether oxygens (including phenoxy) is 4. The molecule has 0 aromatic carbocycles. The fourth-order valence-electron chi connectivity index (χ4n) is 12.7. The van der Waals surface area contributed by atoms with E-state index in [4.69, 9.17) is 37.0 Å². The molecule has 0 spiro atoms. The topological polar surface area (TPSA) is 237 Å². The molecule has 0 heterocycles. The summed E-state index contributed by atoms with van der Waals surface area (Å²) in [7, 11) is -9.92. The van der Waals surface area contributed by atoms with E-state index >= 15 is 0 Å². The molecule has 0 saturated carbocycles. The Morgan fingerprint density at radius 3 is 0.673 bits per heavy atom. The van der Waals surface area contributed by atoms with Crippen LogP contribution in [0, 0.1) is 11.8 Å². The van der Waals surface area contributed by atoms with Crippen molar-refractivity contribution in [3.63, 3.8) is 0 Å². The SMILES string of the molecule is CCCCCCCCCCCCCCCCCCCC(=O)O[C@H](COC(=O)CCCCCCCCCC)COP(=O)(O)OC[C@H](O)COP(=O)(O)OC[C@@H](COC(=O)CCCCCCCCCCCCCCCCC(C)C)OC(=O)CCCCCCCCCCCCCCCCCCC(C)C. The number of unbranched alkanes of at least 4 members (excludes halogenated alkanes) is 51. The molecule has 0 aliphatic heterocycles. The van der Waals surface area contributed by atoms with E-state index in [-0.39, 0.29) is 25.7 Å². The van der Waals surface area contributed by atoms with Crippen LogP contribution in [0.1, 0.15) is 433 Å². The van der Waals surface area contributed by atoms with Crippen LogP contribution in [-0.4, -0.2) is 96.7 Å². The minimum absolute atomic E-state index is 0.108. The molecule has 0 saturated heterocycles. The number of hydrogen-bond donors (Lipinski definition) is 3. The molecule has 0 aromatic rings. The molecule has 17 nitrogen and oxygen atoms in total. The van der Waals surface area contributed by atoms with E-state index in [1.54, 1.807) is 0 Å². The van der Waals surface area contributed by atoms with Crippen LogP contribution in [0.3, 0.4) is 0 Å². The maximum absolute atomic E-state index is 13.1. The lowest BCUT2D eigenvalue weighted by Gasteiger charge is -2.21. The molecule has 5 atom stereocenters. The van der Waals surface area contributed by atoms with Crippen LogP contribution in [0.5, 0.6) is 0 Å². The molecule has 0 fully saturated rings. The summed E-state index contributed by atoms with van der Waals surface area (Å²) < 4.78 is 68.7. The van der Waals surface area contributed by atoms with Gasteiger partial charge in [0.15, 0.2) is 12.2 Å². The zero-order valence-electron chi connectivity index (χ0n) is 66.2. The van der Waals surface area contributed by atoms with E-state index in [2.05, 4.69) is 41.5 Å². The summed E-state index contributed by atoms with van der Waals surface area (Å²) in [5, 5.41) is 10.6.